The number of anilines is 1. The zero-order chi connectivity index (χ0) is 18.3. The molecule has 2 fully saturated rings. The van der Waals surface area contributed by atoms with E-state index in [1.807, 2.05) is 35.7 Å². The Morgan fingerprint density at radius 1 is 1.35 bits per heavy atom. The predicted octanol–water partition coefficient (Wildman–Crippen LogP) is 2.47. The van der Waals surface area contributed by atoms with Gasteiger partial charge in [-0.25, -0.2) is 9.78 Å². The molecule has 1 aliphatic heterocycles. The van der Waals surface area contributed by atoms with Crippen molar-refractivity contribution in [3.8, 4) is 11.3 Å². The van der Waals surface area contributed by atoms with Crippen molar-refractivity contribution in [1.29, 1.82) is 0 Å². The van der Waals surface area contributed by atoms with Crippen molar-refractivity contribution in [2.45, 2.75) is 25.3 Å². The van der Waals surface area contributed by atoms with Gasteiger partial charge in [0.15, 0.2) is 5.13 Å². The highest BCUT2D eigenvalue weighted by atomic mass is 32.1. The molecule has 2 aliphatic rings. The van der Waals surface area contributed by atoms with Crippen molar-refractivity contribution < 1.29 is 14.4 Å². The molecular weight excluding hydrogens is 352 g/mol. The number of carbonyl (C=O) groups excluding carboxylic acids is 3. The second kappa shape index (κ2) is 6.21. The first kappa shape index (κ1) is 16.7. The van der Waals surface area contributed by atoms with E-state index in [9.17, 15) is 14.4 Å². The quantitative estimate of drug-likeness (QED) is 0.791. The Morgan fingerprint density at radius 3 is 2.77 bits per heavy atom. The topological polar surface area (TPSA) is 91.4 Å². The fourth-order valence-corrected chi connectivity index (χ4v) is 3.91. The van der Waals surface area contributed by atoms with Crippen LogP contribution in [-0.2, 0) is 9.59 Å². The van der Waals surface area contributed by atoms with E-state index >= 15 is 0 Å². The van der Waals surface area contributed by atoms with Gasteiger partial charge >= 0.3 is 6.03 Å². The van der Waals surface area contributed by atoms with E-state index in [4.69, 9.17) is 0 Å². The van der Waals surface area contributed by atoms with Gasteiger partial charge in [-0.05, 0) is 25.7 Å². The van der Waals surface area contributed by atoms with Gasteiger partial charge in [-0.1, -0.05) is 30.3 Å². The lowest BCUT2D eigenvalue weighted by Gasteiger charge is -2.20. The largest absolute Gasteiger partial charge is 0.325 e. The molecule has 1 atom stereocenters. The summed E-state index contributed by atoms with van der Waals surface area (Å²) < 4.78 is 0. The maximum Gasteiger partial charge on any atom is 0.325 e. The molecule has 4 amide bonds. The van der Waals surface area contributed by atoms with Crippen LogP contribution >= 0.6 is 11.3 Å². The van der Waals surface area contributed by atoms with E-state index in [-0.39, 0.29) is 18.4 Å². The fraction of sp³-hybridized carbons (Fsp3) is 0.333. The van der Waals surface area contributed by atoms with Crippen LogP contribution in [0.15, 0.2) is 35.7 Å². The highest BCUT2D eigenvalue weighted by Crippen LogP contribution is 2.42. The maximum atomic E-state index is 12.5. The van der Waals surface area contributed by atoms with Crippen LogP contribution in [0.3, 0.4) is 0 Å². The van der Waals surface area contributed by atoms with Crippen LogP contribution < -0.4 is 10.6 Å². The summed E-state index contributed by atoms with van der Waals surface area (Å²) in [4.78, 5) is 42.3. The van der Waals surface area contributed by atoms with Gasteiger partial charge in [0, 0.05) is 10.9 Å². The zero-order valence-corrected chi connectivity index (χ0v) is 15.0. The van der Waals surface area contributed by atoms with Gasteiger partial charge in [-0.2, -0.15) is 0 Å². The third-order valence-corrected chi connectivity index (χ3v) is 5.57. The van der Waals surface area contributed by atoms with E-state index < -0.39 is 17.5 Å². The van der Waals surface area contributed by atoms with E-state index in [2.05, 4.69) is 15.6 Å². The minimum atomic E-state index is -0.876. The van der Waals surface area contributed by atoms with Crippen molar-refractivity contribution in [3.63, 3.8) is 0 Å². The Hall–Kier alpha value is -2.74. The van der Waals surface area contributed by atoms with E-state index in [1.165, 1.54) is 11.3 Å². The van der Waals surface area contributed by atoms with Gasteiger partial charge in [0.05, 0.1) is 5.69 Å². The van der Waals surface area contributed by atoms with Crippen molar-refractivity contribution in [3.05, 3.63) is 35.7 Å². The van der Waals surface area contributed by atoms with Crippen LogP contribution in [0.1, 0.15) is 19.8 Å². The minimum absolute atomic E-state index is 0.166. The van der Waals surface area contributed by atoms with Gasteiger partial charge in [0.2, 0.25) is 5.91 Å². The number of thiazole rings is 1. The lowest BCUT2D eigenvalue weighted by atomic mass is 9.96. The minimum Gasteiger partial charge on any atom is -0.323 e. The number of amides is 4. The Morgan fingerprint density at radius 2 is 2.08 bits per heavy atom. The number of hydrogen-bond donors (Lipinski definition) is 2. The molecular formula is C18H18N4O3S. The standard InChI is InChI=1S/C18H18N4O3S/c1-18(12-7-8-12)15(24)22(17(25)21-18)9-14(23)20-16-19-13(10-26-16)11-5-3-2-4-6-11/h2-6,10,12H,7-9H2,1H3,(H,21,25)(H,19,20,23)/t18-/m0/s1. The first-order chi connectivity index (χ1) is 12.5. The Labute approximate surface area is 154 Å². The zero-order valence-electron chi connectivity index (χ0n) is 14.2. The van der Waals surface area contributed by atoms with Crippen molar-refractivity contribution in [2.24, 2.45) is 5.92 Å². The first-order valence-corrected chi connectivity index (χ1v) is 9.30. The summed E-state index contributed by atoms with van der Waals surface area (Å²) in [6, 6.07) is 9.12. The number of rotatable bonds is 5. The molecule has 4 rings (SSSR count). The molecule has 1 aliphatic carbocycles. The van der Waals surface area contributed by atoms with Gasteiger partial charge < -0.3 is 10.6 Å². The third kappa shape index (κ3) is 2.96. The molecule has 1 aromatic heterocycles. The average Bonchev–Trinajstić information content (AvgIpc) is 3.35. The third-order valence-electron chi connectivity index (χ3n) is 4.82. The summed E-state index contributed by atoms with van der Waals surface area (Å²) in [5, 5.41) is 7.68. The van der Waals surface area contributed by atoms with Crippen LogP contribution in [0, 0.1) is 5.92 Å². The SMILES string of the molecule is C[C@@]1(C2CC2)NC(=O)N(CC(=O)Nc2nc(-c3ccccc3)cs2)C1=O. The molecule has 8 heteroatoms. The number of nitrogens with zero attached hydrogens (tertiary/aromatic N) is 2. The molecule has 1 saturated heterocycles. The summed E-state index contributed by atoms with van der Waals surface area (Å²) in [5.74, 6) is -0.605. The number of carbonyl (C=O) groups is 3. The smallest absolute Gasteiger partial charge is 0.323 e. The maximum absolute atomic E-state index is 12.5. The van der Waals surface area contributed by atoms with Crippen LogP contribution in [0.5, 0.6) is 0 Å². The van der Waals surface area contributed by atoms with Gasteiger partial charge in [-0.15, -0.1) is 11.3 Å². The highest BCUT2D eigenvalue weighted by Gasteiger charge is 2.56. The van der Waals surface area contributed by atoms with Gasteiger partial charge in [0.1, 0.15) is 12.1 Å². The summed E-state index contributed by atoms with van der Waals surface area (Å²) in [5.41, 5.74) is 0.847. The van der Waals surface area contributed by atoms with Crippen molar-refractivity contribution >= 4 is 34.3 Å². The van der Waals surface area contributed by atoms with Gasteiger partial charge in [-0.3, -0.25) is 14.5 Å². The number of hydrogen-bond acceptors (Lipinski definition) is 5. The number of benzene rings is 1. The fourth-order valence-electron chi connectivity index (χ4n) is 3.17. The molecule has 1 aromatic carbocycles. The van der Waals surface area contributed by atoms with E-state index in [1.54, 1.807) is 6.92 Å². The monoisotopic (exact) mass is 370 g/mol. The summed E-state index contributed by atoms with van der Waals surface area (Å²) in [6.07, 6.45) is 1.84. The molecule has 2 heterocycles. The first-order valence-electron chi connectivity index (χ1n) is 8.42. The summed E-state index contributed by atoms with van der Waals surface area (Å²) in [7, 11) is 0. The van der Waals surface area contributed by atoms with Crippen molar-refractivity contribution in [1.82, 2.24) is 15.2 Å². The lowest BCUT2D eigenvalue weighted by molar-refractivity contribution is -0.134. The molecule has 134 valence electrons. The van der Waals surface area contributed by atoms with E-state index in [0.717, 1.165) is 29.0 Å². The summed E-state index contributed by atoms with van der Waals surface area (Å²) in [6.45, 7) is 1.42. The number of urea groups is 1. The Kier molecular flexibility index (Phi) is 3.99. The van der Waals surface area contributed by atoms with Crippen LogP contribution in [0.2, 0.25) is 0 Å². The Balaban J connectivity index is 1.41. The number of nitrogens with one attached hydrogen (secondary N) is 2. The number of imide groups is 1. The summed E-state index contributed by atoms with van der Waals surface area (Å²) >= 11 is 1.30. The average molecular weight is 370 g/mol. The lowest BCUT2D eigenvalue weighted by Crippen LogP contribution is -2.46. The second-order valence-electron chi connectivity index (χ2n) is 6.75. The highest BCUT2D eigenvalue weighted by molar-refractivity contribution is 7.14. The molecule has 1 saturated carbocycles. The molecule has 0 radical (unpaired) electrons. The molecule has 2 aromatic rings. The molecule has 2 N–H and O–H groups in total. The molecule has 26 heavy (non-hydrogen) atoms. The van der Waals surface area contributed by atoms with Crippen LogP contribution in [0.4, 0.5) is 9.93 Å². The molecule has 7 nitrogen and oxygen atoms in total. The normalized spacial score (nSPS) is 22.4. The van der Waals surface area contributed by atoms with Crippen LogP contribution in [0.25, 0.3) is 11.3 Å². The molecule has 0 spiro atoms. The van der Waals surface area contributed by atoms with E-state index in [0.29, 0.717) is 5.13 Å². The predicted molar refractivity (Wildman–Crippen MR) is 97.6 cm³/mol. The number of aromatic nitrogens is 1. The Bertz CT molecular complexity index is 878. The van der Waals surface area contributed by atoms with Gasteiger partial charge in [0.25, 0.3) is 5.91 Å². The molecule has 0 bridgehead atoms. The molecule has 0 unspecified atom stereocenters. The van der Waals surface area contributed by atoms with Crippen molar-refractivity contribution in [2.75, 3.05) is 11.9 Å². The second-order valence-corrected chi connectivity index (χ2v) is 7.61. The van der Waals surface area contributed by atoms with Crippen LogP contribution in [-0.4, -0.2) is 39.8 Å².